The molecular formula is C30H57N5O8S4. The number of nitrogens with zero attached hydrogens (tertiary/aromatic N) is 1. The number of nitrogens with one attached hydrogen (secondary N) is 4. The van der Waals surface area contributed by atoms with Gasteiger partial charge in [0.15, 0.2) is 0 Å². The molecule has 0 saturated carbocycles. The molecular weight excluding hydrogens is 687 g/mol. The largest absolute Gasteiger partial charge is 0.356 e. The van der Waals surface area contributed by atoms with Crippen molar-refractivity contribution in [3.8, 4) is 0 Å². The third kappa shape index (κ3) is 30.9. The molecule has 0 atom stereocenters. The molecule has 0 aromatic heterocycles. The lowest BCUT2D eigenvalue weighted by atomic mass is 10.2. The van der Waals surface area contributed by atoms with Crippen LogP contribution >= 0.6 is 46.8 Å². The normalized spacial score (nSPS) is 11.9. The Kier molecular flexibility index (Phi) is 32.7. The van der Waals surface area contributed by atoms with E-state index in [0.29, 0.717) is 42.7 Å². The molecule has 1 heterocycles. The molecule has 6 amide bonds. The predicted octanol–water partition coefficient (Wildman–Crippen LogP) is 2.90. The zero-order valence-corrected chi connectivity index (χ0v) is 32.7. The number of hydrogen-bond donors (Lipinski definition) is 6. The van der Waals surface area contributed by atoms with E-state index >= 15 is 0 Å². The maximum atomic E-state index is 11.2. The average molecular weight is 744 g/mol. The van der Waals surface area contributed by atoms with Crippen LogP contribution < -0.4 is 21.3 Å². The first-order valence-corrected chi connectivity index (χ1v) is 19.3. The van der Waals surface area contributed by atoms with E-state index in [1.807, 2.05) is 41.5 Å². The van der Waals surface area contributed by atoms with E-state index in [1.165, 1.54) is 6.92 Å². The van der Waals surface area contributed by atoms with E-state index < -0.39 is 17.8 Å². The van der Waals surface area contributed by atoms with E-state index in [9.17, 15) is 33.6 Å². The molecule has 1 rings (SSSR count). The third-order valence-electron chi connectivity index (χ3n) is 5.18. The Labute approximate surface area is 299 Å². The fourth-order valence-electron chi connectivity index (χ4n) is 2.43. The molecule has 0 spiro atoms. The predicted molar refractivity (Wildman–Crippen MR) is 197 cm³/mol. The quantitative estimate of drug-likeness (QED) is 0.0596. The lowest BCUT2D eigenvalue weighted by molar-refractivity contribution is -0.199. The highest BCUT2D eigenvalue weighted by molar-refractivity contribution is 8.76. The van der Waals surface area contributed by atoms with Gasteiger partial charge in [-0.2, -0.15) is 25.3 Å². The van der Waals surface area contributed by atoms with Gasteiger partial charge in [-0.3, -0.25) is 28.8 Å². The highest BCUT2D eigenvalue weighted by Gasteiger charge is 2.33. The molecule has 4 N–H and O–H groups in total. The van der Waals surface area contributed by atoms with Gasteiger partial charge in [0.25, 0.3) is 11.8 Å². The molecule has 0 aliphatic carbocycles. The molecule has 0 aromatic rings. The van der Waals surface area contributed by atoms with Gasteiger partial charge in [-0.25, -0.2) is 4.79 Å². The summed E-state index contributed by atoms with van der Waals surface area (Å²) in [4.78, 5) is 80.9. The minimum absolute atomic E-state index is 0.00838. The molecule has 0 bridgehead atoms. The van der Waals surface area contributed by atoms with Gasteiger partial charge in [-0.1, -0.05) is 77.0 Å². The fourth-order valence-corrected chi connectivity index (χ4v) is 4.46. The summed E-state index contributed by atoms with van der Waals surface area (Å²) in [6.07, 6.45) is 0.258. The van der Waals surface area contributed by atoms with E-state index in [0.717, 1.165) is 11.5 Å². The second kappa shape index (κ2) is 31.2. The second-order valence-electron chi connectivity index (χ2n) is 11.1. The lowest BCUT2D eigenvalue weighted by Crippen LogP contribution is -2.33. The number of thiol groups is 2. The zero-order valence-electron chi connectivity index (χ0n) is 29.3. The van der Waals surface area contributed by atoms with Crippen LogP contribution in [0.15, 0.2) is 0 Å². The summed E-state index contributed by atoms with van der Waals surface area (Å²) in [5, 5.41) is 11.6. The number of amides is 6. The van der Waals surface area contributed by atoms with Crippen molar-refractivity contribution in [3.63, 3.8) is 0 Å². The van der Waals surface area contributed by atoms with Crippen LogP contribution in [0.4, 0.5) is 0 Å². The van der Waals surface area contributed by atoms with Gasteiger partial charge in [0.05, 0.1) is 5.92 Å². The van der Waals surface area contributed by atoms with Crippen molar-refractivity contribution >= 4 is 88.3 Å². The summed E-state index contributed by atoms with van der Waals surface area (Å²) < 4.78 is 0. The van der Waals surface area contributed by atoms with Crippen LogP contribution in [0.25, 0.3) is 0 Å². The molecule has 1 saturated heterocycles. The fraction of sp³-hybridized carbons (Fsp3) is 0.767. The topological polar surface area (TPSA) is 180 Å². The van der Waals surface area contributed by atoms with Crippen LogP contribution in [0, 0.1) is 23.7 Å². The van der Waals surface area contributed by atoms with Gasteiger partial charge in [-0.15, -0.1) is 5.06 Å². The number of hydroxylamine groups is 2. The van der Waals surface area contributed by atoms with Gasteiger partial charge in [0.2, 0.25) is 23.6 Å². The Morgan fingerprint density at radius 2 is 0.979 bits per heavy atom. The summed E-state index contributed by atoms with van der Waals surface area (Å²) in [5.74, 6) is 1.89. The first-order valence-electron chi connectivity index (χ1n) is 15.5. The van der Waals surface area contributed by atoms with E-state index in [1.54, 1.807) is 35.4 Å². The van der Waals surface area contributed by atoms with E-state index in [-0.39, 0.29) is 60.1 Å². The van der Waals surface area contributed by atoms with Crippen molar-refractivity contribution in [2.45, 2.75) is 75.2 Å². The summed E-state index contributed by atoms with van der Waals surface area (Å²) in [5.41, 5.74) is 0. The molecule has 47 heavy (non-hydrogen) atoms. The first kappa shape index (κ1) is 49.3. The van der Waals surface area contributed by atoms with E-state index in [2.05, 4.69) is 51.4 Å². The summed E-state index contributed by atoms with van der Waals surface area (Å²) in [6.45, 7) is 18.8. The van der Waals surface area contributed by atoms with Crippen LogP contribution in [-0.2, 0) is 38.4 Å². The van der Waals surface area contributed by atoms with Gasteiger partial charge in [0.1, 0.15) is 0 Å². The monoisotopic (exact) mass is 743 g/mol. The van der Waals surface area contributed by atoms with Crippen LogP contribution in [0.1, 0.15) is 75.2 Å². The van der Waals surface area contributed by atoms with Crippen molar-refractivity contribution in [2.75, 3.05) is 49.2 Å². The molecule has 1 aliphatic heterocycles. The Hall–Kier alpha value is -2.11. The second-order valence-corrected chi connectivity index (χ2v) is 14.7. The molecule has 1 aliphatic rings. The average Bonchev–Trinajstić information content (AvgIpc) is 3.32. The molecule has 1 fully saturated rings. The molecule has 274 valence electrons. The number of hydrogen-bond acceptors (Lipinski definition) is 12. The van der Waals surface area contributed by atoms with Gasteiger partial charge in [-0.05, 0) is 0 Å². The first-order chi connectivity index (χ1) is 21.9. The Bertz CT molecular complexity index is 911. The standard InChI is InChI=1S/C12H24N2O2S2.C8H11NO4.C6H13NOS.C4H9NOS/c1-9(2)11(15)13-5-7-17-18-8-6-14-12(16)10(3)4;1-5(2)8(12)13-9-6(10)3-4-7(9)11;1-5(2)6(8)7-3-4-9;1-4(6)5-2-3-7/h9-10H,5-8H2,1-4H3,(H,13,15)(H,14,16);5H,3-4H2,1-2H3;5,9H,3-4H2,1-2H3,(H,7,8);7H,2-3H2,1H3,(H,5,6). The third-order valence-corrected chi connectivity index (χ3v) is 8.04. The smallest absolute Gasteiger partial charge is 0.335 e. The zero-order chi connectivity index (χ0) is 36.9. The summed E-state index contributed by atoms with van der Waals surface area (Å²) >= 11 is 7.83. The number of imide groups is 1. The number of carbonyl (C=O) groups excluding carboxylic acids is 7. The van der Waals surface area contributed by atoms with Gasteiger partial charge in [0, 0.05) is 86.7 Å². The van der Waals surface area contributed by atoms with E-state index in [4.69, 9.17) is 0 Å². The highest BCUT2D eigenvalue weighted by Crippen LogP contribution is 2.19. The molecule has 0 unspecified atom stereocenters. The Balaban J connectivity index is -0.000000585. The minimum Gasteiger partial charge on any atom is -0.356 e. The number of carbonyl (C=O) groups is 7. The minimum atomic E-state index is -0.566. The van der Waals surface area contributed by atoms with Crippen molar-refractivity contribution in [3.05, 3.63) is 0 Å². The Morgan fingerprint density at radius 1 is 0.638 bits per heavy atom. The number of rotatable bonds is 16. The maximum absolute atomic E-state index is 11.2. The van der Waals surface area contributed by atoms with Crippen molar-refractivity contribution in [1.29, 1.82) is 0 Å². The molecule has 0 aromatic carbocycles. The van der Waals surface area contributed by atoms with Gasteiger partial charge >= 0.3 is 5.97 Å². The maximum Gasteiger partial charge on any atom is 0.335 e. The SMILES string of the molecule is CC(=O)NCCS.CC(C)C(=O)NCCS.CC(C)C(=O)NCCSSCCNC(=O)C(C)C.CC(C)C(=O)ON1C(=O)CCC1=O. The van der Waals surface area contributed by atoms with Crippen molar-refractivity contribution in [1.82, 2.24) is 26.3 Å². The van der Waals surface area contributed by atoms with Crippen LogP contribution in [-0.4, -0.2) is 95.7 Å². The van der Waals surface area contributed by atoms with Crippen molar-refractivity contribution < 1.29 is 38.4 Å². The van der Waals surface area contributed by atoms with Crippen LogP contribution in [0.3, 0.4) is 0 Å². The summed E-state index contributed by atoms with van der Waals surface area (Å²) in [6, 6.07) is 0. The lowest BCUT2D eigenvalue weighted by Gasteiger charge is -2.13. The molecule has 0 radical (unpaired) electrons. The van der Waals surface area contributed by atoms with Crippen LogP contribution in [0.5, 0.6) is 0 Å². The van der Waals surface area contributed by atoms with Gasteiger partial charge < -0.3 is 26.1 Å². The van der Waals surface area contributed by atoms with Crippen molar-refractivity contribution in [2.24, 2.45) is 23.7 Å². The molecule has 17 heteroatoms. The summed E-state index contributed by atoms with van der Waals surface area (Å²) in [7, 11) is 3.44. The highest BCUT2D eigenvalue weighted by atomic mass is 33.1. The molecule has 13 nitrogen and oxygen atoms in total. The Morgan fingerprint density at radius 3 is 1.26 bits per heavy atom. The van der Waals surface area contributed by atoms with Crippen LogP contribution in [0.2, 0.25) is 0 Å².